The highest BCUT2D eigenvalue weighted by molar-refractivity contribution is 7.99. The van der Waals surface area contributed by atoms with Crippen molar-refractivity contribution < 1.29 is 4.79 Å². The van der Waals surface area contributed by atoms with Crippen molar-refractivity contribution in [3.63, 3.8) is 0 Å². The summed E-state index contributed by atoms with van der Waals surface area (Å²) in [5.41, 5.74) is 0.515. The summed E-state index contributed by atoms with van der Waals surface area (Å²) in [6, 6.07) is -0.168. The fraction of sp³-hybridized carbons (Fsp3) is 0.417. The molecule has 1 atom stereocenters. The molecule has 21 heavy (non-hydrogen) atoms. The van der Waals surface area contributed by atoms with Crippen LogP contribution >= 0.6 is 23.1 Å². The number of aromatic nitrogens is 4. The molecule has 2 aromatic heterocycles. The van der Waals surface area contributed by atoms with Crippen molar-refractivity contribution in [1.29, 1.82) is 0 Å². The lowest BCUT2D eigenvalue weighted by Gasteiger charge is -2.12. The zero-order valence-corrected chi connectivity index (χ0v) is 13.1. The molecule has 9 heteroatoms. The Morgan fingerprint density at radius 3 is 3.00 bits per heavy atom. The summed E-state index contributed by atoms with van der Waals surface area (Å²) in [5.74, 6) is 0.506. The highest BCUT2D eigenvalue weighted by atomic mass is 32.2. The Hall–Kier alpha value is -1.74. The summed E-state index contributed by atoms with van der Waals surface area (Å²) < 4.78 is 1.62. The van der Waals surface area contributed by atoms with Crippen LogP contribution in [0.15, 0.2) is 16.1 Å². The van der Waals surface area contributed by atoms with Gasteiger partial charge in [-0.05, 0) is 13.8 Å². The first kappa shape index (κ1) is 14.2. The van der Waals surface area contributed by atoms with Gasteiger partial charge in [0.1, 0.15) is 5.01 Å². The zero-order chi connectivity index (χ0) is 15.0. The number of thioether (sulfide) groups is 1. The quantitative estimate of drug-likeness (QED) is 0.859. The molecule has 0 fully saturated rings. The van der Waals surface area contributed by atoms with Crippen LogP contribution in [0.2, 0.25) is 0 Å². The molecule has 7 nitrogen and oxygen atoms in total. The molecule has 0 aromatic carbocycles. The van der Waals surface area contributed by atoms with Crippen LogP contribution in [-0.2, 0) is 4.79 Å². The molecule has 110 valence electrons. The Balaban J connectivity index is 1.75. The molecular weight excluding hydrogens is 310 g/mol. The predicted molar refractivity (Wildman–Crippen MR) is 80.9 cm³/mol. The van der Waals surface area contributed by atoms with Gasteiger partial charge in [-0.2, -0.15) is 0 Å². The second-order valence-electron chi connectivity index (χ2n) is 4.74. The predicted octanol–water partition coefficient (Wildman–Crippen LogP) is 1.39. The number of rotatable bonds is 3. The van der Waals surface area contributed by atoms with E-state index >= 15 is 0 Å². The van der Waals surface area contributed by atoms with Crippen LogP contribution in [0.5, 0.6) is 0 Å². The topological polar surface area (TPSA) is 89.8 Å². The monoisotopic (exact) mass is 323 g/mol. The average Bonchev–Trinajstić information content (AvgIpc) is 3.01. The summed E-state index contributed by atoms with van der Waals surface area (Å²) >= 11 is 2.82. The molecule has 3 rings (SSSR count). The third-order valence-corrected chi connectivity index (χ3v) is 4.96. The maximum Gasteiger partial charge on any atom is 0.257 e. The Morgan fingerprint density at radius 2 is 2.29 bits per heavy atom. The molecule has 0 saturated carbocycles. The number of fused-ring (bicyclic) bond motifs is 1. The van der Waals surface area contributed by atoms with E-state index in [2.05, 4.69) is 20.5 Å². The summed E-state index contributed by atoms with van der Waals surface area (Å²) in [4.78, 5) is 28.5. The molecule has 0 bridgehead atoms. The van der Waals surface area contributed by atoms with Crippen LogP contribution in [0.4, 0.5) is 5.13 Å². The maximum absolute atomic E-state index is 12.2. The third kappa shape index (κ3) is 2.84. The standard InChI is InChI=1S/C12H13N5O2S2/c1-6-4-13-12-17(10(6)19)8(5-20-12)3-9(18)14-11-16-15-7(2)21-11/h4,8H,3,5H2,1-2H3,(H,14,16,18)/t8-/m1/s1. The number of carbonyl (C=O) groups is 1. The smallest absolute Gasteiger partial charge is 0.257 e. The summed E-state index contributed by atoms with van der Waals surface area (Å²) in [5, 5.41) is 12.4. The SMILES string of the molecule is Cc1nnc(NC(=O)C[C@@H]2CSc3ncc(C)c(=O)n32)s1. The summed E-state index contributed by atoms with van der Waals surface area (Å²) in [7, 11) is 0. The third-order valence-electron chi connectivity index (χ3n) is 3.09. The van der Waals surface area contributed by atoms with E-state index in [1.807, 2.05) is 6.92 Å². The van der Waals surface area contributed by atoms with Gasteiger partial charge >= 0.3 is 0 Å². The Labute approximate surface area is 128 Å². The van der Waals surface area contributed by atoms with Crippen molar-refractivity contribution in [2.45, 2.75) is 31.5 Å². The first-order valence-electron chi connectivity index (χ1n) is 6.35. The van der Waals surface area contributed by atoms with Crippen LogP contribution in [0.1, 0.15) is 23.0 Å². The summed E-state index contributed by atoms with van der Waals surface area (Å²) in [6.07, 6.45) is 1.80. The molecule has 0 aliphatic carbocycles. The fourth-order valence-electron chi connectivity index (χ4n) is 2.10. The number of amides is 1. The highest BCUT2D eigenvalue weighted by Gasteiger charge is 2.27. The molecule has 1 amide bonds. The van der Waals surface area contributed by atoms with Crippen LogP contribution in [-0.4, -0.2) is 31.4 Å². The van der Waals surface area contributed by atoms with E-state index in [4.69, 9.17) is 0 Å². The Kier molecular flexibility index (Phi) is 3.77. The lowest BCUT2D eigenvalue weighted by Crippen LogP contribution is -2.28. The number of aryl methyl sites for hydroxylation is 2. The van der Waals surface area contributed by atoms with Gasteiger partial charge in [-0.3, -0.25) is 14.2 Å². The molecule has 0 saturated heterocycles. The highest BCUT2D eigenvalue weighted by Crippen LogP contribution is 2.32. The number of hydrogen-bond donors (Lipinski definition) is 1. The minimum atomic E-state index is -0.169. The molecular formula is C12H13N5O2S2. The second kappa shape index (κ2) is 5.57. The van der Waals surface area contributed by atoms with Crippen molar-refractivity contribution in [3.8, 4) is 0 Å². The van der Waals surface area contributed by atoms with Crippen molar-refractivity contribution >= 4 is 34.1 Å². The second-order valence-corrected chi connectivity index (χ2v) is 6.91. The number of carbonyl (C=O) groups excluding carboxylic acids is 1. The van der Waals surface area contributed by atoms with E-state index in [9.17, 15) is 9.59 Å². The lowest BCUT2D eigenvalue weighted by atomic mass is 10.2. The first-order valence-corrected chi connectivity index (χ1v) is 8.15. The molecule has 0 radical (unpaired) electrons. The minimum absolute atomic E-state index is 0.0745. The van der Waals surface area contributed by atoms with Gasteiger partial charge in [-0.1, -0.05) is 23.1 Å². The van der Waals surface area contributed by atoms with Crippen LogP contribution in [0.3, 0.4) is 0 Å². The molecule has 1 aliphatic heterocycles. The van der Waals surface area contributed by atoms with Crippen molar-refractivity contribution in [1.82, 2.24) is 19.7 Å². The van der Waals surface area contributed by atoms with E-state index in [-0.39, 0.29) is 23.9 Å². The van der Waals surface area contributed by atoms with Gasteiger partial charge in [0.15, 0.2) is 5.16 Å². The van der Waals surface area contributed by atoms with E-state index in [0.717, 1.165) is 5.01 Å². The van der Waals surface area contributed by atoms with Crippen molar-refractivity contribution in [3.05, 3.63) is 27.1 Å². The normalized spacial score (nSPS) is 16.8. The van der Waals surface area contributed by atoms with E-state index < -0.39 is 0 Å². The molecule has 3 heterocycles. The molecule has 1 N–H and O–H groups in total. The van der Waals surface area contributed by atoms with Gasteiger partial charge in [-0.25, -0.2) is 4.98 Å². The molecule has 2 aromatic rings. The van der Waals surface area contributed by atoms with Gasteiger partial charge in [0, 0.05) is 23.9 Å². The summed E-state index contributed by atoms with van der Waals surface area (Å²) in [6.45, 7) is 3.55. The largest absolute Gasteiger partial charge is 0.300 e. The number of nitrogens with zero attached hydrogens (tertiary/aromatic N) is 4. The number of hydrogen-bond acceptors (Lipinski definition) is 7. The number of nitrogens with one attached hydrogen (secondary N) is 1. The van der Waals surface area contributed by atoms with Gasteiger partial charge in [0.2, 0.25) is 11.0 Å². The number of anilines is 1. The maximum atomic E-state index is 12.2. The average molecular weight is 323 g/mol. The Bertz CT molecular complexity index is 754. The van der Waals surface area contributed by atoms with Crippen molar-refractivity contribution in [2.75, 3.05) is 11.1 Å². The molecule has 0 unspecified atom stereocenters. The van der Waals surface area contributed by atoms with Gasteiger partial charge in [-0.15, -0.1) is 10.2 Å². The zero-order valence-electron chi connectivity index (χ0n) is 11.5. The van der Waals surface area contributed by atoms with E-state index in [0.29, 0.717) is 21.6 Å². The van der Waals surface area contributed by atoms with E-state index in [1.165, 1.54) is 23.1 Å². The molecule has 0 spiro atoms. The van der Waals surface area contributed by atoms with Crippen molar-refractivity contribution in [2.24, 2.45) is 0 Å². The van der Waals surface area contributed by atoms with E-state index in [1.54, 1.807) is 17.7 Å². The first-order chi connectivity index (χ1) is 10.0. The van der Waals surface area contributed by atoms with Crippen LogP contribution in [0.25, 0.3) is 0 Å². The van der Waals surface area contributed by atoms with Crippen LogP contribution in [0, 0.1) is 13.8 Å². The van der Waals surface area contributed by atoms with Gasteiger partial charge in [0.05, 0.1) is 6.04 Å². The van der Waals surface area contributed by atoms with Crippen LogP contribution < -0.4 is 10.9 Å². The van der Waals surface area contributed by atoms with Gasteiger partial charge < -0.3 is 5.32 Å². The fourth-order valence-corrected chi connectivity index (χ4v) is 3.82. The lowest BCUT2D eigenvalue weighted by molar-refractivity contribution is -0.116. The minimum Gasteiger partial charge on any atom is -0.300 e. The Morgan fingerprint density at radius 1 is 1.48 bits per heavy atom. The molecule has 1 aliphatic rings. The van der Waals surface area contributed by atoms with Gasteiger partial charge in [0.25, 0.3) is 5.56 Å².